The molecular weight excluding hydrogens is 420 g/mol. The number of amides is 2. The summed E-state index contributed by atoms with van der Waals surface area (Å²) in [7, 11) is 0. The molecular formula is C25H30N4O4. The van der Waals surface area contributed by atoms with Crippen molar-refractivity contribution in [2.45, 2.75) is 44.4 Å². The lowest BCUT2D eigenvalue weighted by atomic mass is 10.0. The fraction of sp³-hybridized carbons (Fsp3) is 0.480. The molecule has 2 fully saturated rings. The van der Waals surface area contributed by atoms with Gasteiger partial charge in [-0.3, -0.25) is 14.5 Å². The summed E-state index contributed by atoms with van der Waals surface area (Å²) in [5.74, 6) is 1.29. The van der Waals surface area contributed by atoms with Crippen molar-refractivity contribution in [3.63, 3.8) is 0 Å². The molecule has 0 bridgehead atoms. The second-order valence-corrected chi connectivity index (χ2v) is 9.00. The number of nitrogens with one attached hydrogen (secondary N) is 1. The van der Waals surface area contributed by atoms with E-state index in [1.54, 1.807) is 11.1 Å². The van der Waals surface area contributed by atoms with E-state index in [0.717, 1.165) is 44.5 Å². The Morgan fingerprint density at radius 1 is 1.12 bits per heavy atom. The van der Waals surface area contributed by atoms with Gasteiger partial charge < -0.3 is 19.7 Å². The molecule has 4 heterocycles. The van der Waals surface area contributed by atoms with Gasteiger partial charge in [-0.1, -0.05) is 24.3 Å². The van der Waals surface area contributed by atoms with Crippen LogP contribution in [0, 0.1) is 0 Å². The summed E-state index contributed by atoms with van der Waals surface area (Å²) in [6, 6.07) is 12.4. The van der Waals surface area contributed by atoms with Crippen molar-refractivity contribution < 1.29 is 19.1 Å². The SMILES string of the molecule is O=C(CN1CCCC1=O)NC1CCN(Cc2ccc([C@H]3COc4cccnc4O3)cc2)CC1. The number of rotatable bonds is 6. The second-order valence-electron chi connectivity index (χ2n) is 9.00. The molecule has 3 aliphatic rings. The number of benzene rings is 1. The van der Waals surface area contributed by atoms with Crippen molar-refractivity contribution in [2.24, 2.45) is 0 Å². The molecule has 5 rings (SSSR count). The number of hydrogen-bond donors (Lipinski definition) is 1. The molecule has 1 atom stereocenters. The molecule has 1 aromatic carbocycles. The highest BCUT2D eigenvalue weighted by atomic mass is 16.6. The molecule has 174 valence electrons. The number of hydrogen-bond acceptors (Lipinski definition) is 6. The predicted molar refractivity (Wildman–Crippen MR) is 122 cm³/mol. The maximum atomic E-state index is 12.3. The Bertz CT molecular complexity index is 988. The van der Waals surface area contributed by atoms with E-state index in [2.05, 4.69) is 39.5 Å². The van der Waals surface area contributed by atoms with Crippen molar-refractivity contribution in [1.29, 1.82) is 0 Å². The lowest BCUT2D eigenvalue weighted by Crippen LogP contribution is -2.47. The molecule has 2 amide bonds. The first-order valence-electron chi connectivity index (χ1n) is 11.8. The maximum Gasteiger partial charge on any atom is 0.257 e. The quantitative estimate of drug-likeness (QED) is 0.727. The maximum absolute atomic E-state index is 12.3. The van der Waals surface area contributed by atoms with Gasteiger partial charge >= 0.3 is 0 Å². The van der Waals surface area contributed by atoms with Crippen LogP contribution in [0.4, 0.5) is 0 Å². The molecule has 8 heteroatoms. The topological polar surface area (TPSA) is 84.0 Å². The second kappa shape index (κ2) is 9.79. The summed E-state index contributed by atoms with van der Waals surface area (Å²) in [4.78, 5) is 32.3. The van der Waals surface area contributed by atoms with Crippen LogP contribution >= 0.6 is 0 Å². The highest BCUT2D eigenvalue weighted by Gasteiger charge is 2.26. The van der Waals surface area contributed by atoms with E-state index in [0.29, 0.717) is 31.2 Å². The molecule has 2 aromatic rings. The van der Waals surface area contributed by atoms with Gasteiger partial charge in [0.2, 0.25) is 11.8 Å². The highest BCUT2D eigenvalue weighted by Crippen LogP contribution is 2.34. The van der Waals surface area contributed by atoms with E-state index in [4.69, 9.17) is 9.47 Å². The number of ether oxygens (including phenoxy) is 2. The Morgan fingerprint density at radius 2 is 1.94 bits per heavy atom. The Balaban J connectivity index is 1.07. The van der Waals surface area contributed by atoms with E-state index in [-0.39, 0.29) is 30.5 Å². The van der Waals surface area contributed by atoms with Crippen molar-refractivity contribution in [2.75, 3.05) is 32.8 Å². The third-order valence-corrected chi connectivity index (χ3v) is 6.60. The Kier molecular flexibility index (Phi) is 6.44. The van der Waals surface area contributed by atoms with Crippen LogP contribution in [0.5, 0.6) is 11.6 Å². The molecule has 1 aromatic heterocycles. The molecule has 3 aliphatic heterocycles. The Morgan fingerprint density at radius 3 is 2.70 bits per heavy atom. The summed E-state index contributed by atoms with van der Waals surface area (Å²) < 4.78 is 11.8. The zero-order valence-electron chi connectivity index (χ0n) is 18.7. The normalized spacial score (nSPS) is 21.3. The molecule has 0 radical (unpaired) electrons. The highest BCUT2D eigenvalue weighted by molar-refractivity contribution is 5.85. The minimum Gasteiger partial charge on any atom is -0.484 e. The number of likely N-dealkylation sites (tertiary alicyclic amines) is 2. The molecule has 0 aliphatic carbocycles. The minimum atomic E-state index is -0.156. The van der Waals surface area contributed by atoms with Crippen LogP contribution in [0.15, 0.2) is 42.6 Å². The van der Waals surface area contributed by atoms with Crippen LogP contribution in [-0.4, -0.2) is 65.4 Å². The lowest BCUT2D eigenvalue weighted by molar-refractivity contribution is -0.133. The smallest absolute Gasteiger partial charge is 0.257 e. The number of nitrogens with zero attached hydrogens (tertiary/aromatic N) is 3. The van der Waals surface area contributed by atoms with Gasteiger partial charge in [0, 0.05) is 44.8 Å². The van der Waals surface area contributed by atoms with Gasteiger partial charge in [-0.2, -0.15) is 0 Å². The summed E-state index contributed by atoms with van der Waals surface area (Å²) in [5.41, 5.74) is 2.33. The number of pyridine rings is 1. The molecule has 0 saturated carbocycles. The standard InChI is InChI=1S/C25H30N4O4/c30-23(16-29-12-2-4-24(29)31)27-20-9-13-28(14-10-20)15-18-5-7-19(8-6-18)22-17-32-21-3-1-11-26-25(21)33-22/h1,3,5-8,11,20,22H,2,4,9-10,12-17H2,(H,27,30)/t22-/m1/s1. The molecule has 0 spiro atoms. The fourth-order valence-electron chi connectivity index (χ4n) is 4.72. The monoisotopic (exact) mass is 450 g/mol. The van der Waals surface area contributed by atoms with E-state index in [1.807, 2.05) is 12.1 Å². The largest absolute Gasteiger partial charge is 0.484 e. The van der Waals surface area contributed by atoms with Crippen LogP contribution in [0.1, 0.15) is 42.9 Å². The summed E-state index contributed by atoms with van der Waals surface area (Å²) in [6.07, 6.45) is 4.83. The minimum absolute atomic E-state index is 0.0361. The molecule has 2 saturated heterocycles. The van der Waals surface area contributed by atoms with Crippen LogP contribution < -0.4 is 14.8 Å². The lowest BCUT2D eigenvalue weighted by Gasteiger charge is -2.32. The number of fused-ring (bicyclic) bond motifs is 1. The first kappa shape index (κ1) is 21.7. The van der Waals surface area contributed by atoms with E-state index < -0.39 is 0 Å². The third-order valence-electron chi connectivity index (χ3n) is 6.60. The average molecular weight is 451 g/mol. The zero-order valence-corrected chi connectivity index (χ0v) is 18.7. The molecule has 1 N–H and O–H groups in total. The predicted octanol–water partition coefficient (Wildman–Crippen LogP) is 2.30. The van der Waals surface area contributed by atoms with E-state index in [9.17, 15) is 9.59 Å². The van der Waals surface area contributed by atoms with Crippen molar-refractivity contribution >= 4 is 11.8 Å². The van der Waals surface area contributed by atoms with Gasteiger partial charge in [-0.05, 0) is 42.5 Å². The molecule has 8 nitrogen and oxygen atoms in total. The Hall–Kier alpha value is -3.13. The van der Waals surface area contributed by atoms with Crippen LogP contribution in [0.2, 0.25) is 0 Å². The third kappa shape index (κ3) is 5.27. The van der Waals surface area contributed by atoms with Crippen LogP contribution in [-0.2, 0) is 16.1 Å². The first-order valence-corrected chi connectivity index (χ1v) is 11.8. The van der Waals surface area contributed by atoms with Crippen molar-refractivity contribution in [1.82, 2.24) is 20.1 Å². The number of carbonyl (C=O) groups excluding carboxylic acids is 2. The van der Waals surface area contributed by atoms with E-state index in [1.165, 1.54) is 5.56 Å². The first-order chi connectivity index (χ1) is 16.1. The number of piperidine rings is 1. The molecule has 33 heavy (non-hydrogen) atoms. The molecule has 0 unspecified atom stereocenters. The van der Waals surface area contributed by atoms with E-state index >= 15 is 0 Å². The van der Waals surface area contributed by atoms with Gasteiger partial charge in [0.15, 0.2) is 11.9 Å². The number of carbonyl (C=O) groups is 2. The zero-order chi connectivity index (χ0) is 22.6. The number of aromatic nitrogens is 1. The van der Waals surface area contributed by atoms with Gasteiger partial charge in [0.05, 0.1) is 6.54 Å². The summed E-state index contributed by atoms with van der Waals surface area (Å²) in [5, 5.41) is 3.11. The summed E-state index contributed by atoms with van der Waals surface area (Å²) in [6.45, 7) is 4.14. The van der Waals surface area contributed by atoms with Gasteiger partial charge in [-0.25, -0.2) is 4.98 Å². The average Bonchev–Trinajstić information content (AvgIpc) is 3.24. The Labute approximate surface area is 193 Å². The van der Waals surface area contributed by atoms with Gasteiger partial charge in [0.25, 0.3) is 5.88 Å². The van der Waals surface area contributed by atoms with Crippen LogP contribution in [0.3, 0.4) is 0 Å². The van der Waals surface area contributed by atoms with Crippen molar-refractivity contribution in [3.8, 4) is 11.6 Å². The van der Waals surface area contributed by atoms with Crippen molar-refractivity contribution in [3.05, 3.63) is 53.7 Å². The van der Waals surface area contributed by atoms with Crippen LogP contribution in [0.25, 0.3) is 0 Å². The fourth-order valence-corrected chi connectivity index (χ4v) is 4.72. The summed E-state index contributed by atoms with van der Waals surface area (Å²) >= 11 is 0. The van der Waals surface area contributed by atoms with Gasteiger partial charge in [-0.15, -0.1) is 0 Å². The van der Waals surface area contributed by atoms with Gasteiger partial charge in [0.1, 0.15) is 6.61 Å².